The summed E-state index contributed by atoms with van der Waals surface area (Å²) in [4.78, 5) is 7.88. The van der Waals surface area contributed by atoms with Crippen LogP contribution in [0.2, 0.25) is 0 Å². The lowest BCUT2D eigenvalue weighted by molar-refractivity contribution is 0.173. The first-order valence-corrected chi connectivity index (χ1v) is 4.32. The Morgan fingerprint density at radius 2 is 2.43 bits per heavy atom. The molecule has 0 aliphatic rings. The van der Waals surface area contributed by atoms with Gasteiger partial charge in [-0.2, -0.15) is 4.98 Å². The topological polar surface area (TPSA) is 85.7 Å². The van der Waals surface area contributed by atoms with E-state index >= 15 is 0 Å². The van der Waals surface area contributed by atoms with Gasteiger partial charge in [-0.05, 0) is 6.42 Å². The molecule has 1 aromatic rings. The van der Waals surface area contributed by atoms with Gasteiger partial charge in [-0.1, -0.05) is 6.92 Å². The van der Waals surface area contributed by atoms with E-state index in [1.165, 1.54) is 13.2 Å². The summed E-state index contributed by atoms with van der Waals surface area (Å²) in [6.07, 6.45) is 0.893. The fourth-order valence-electron chi connectivity index (χ4n) is 0.925. The largest absolute Gasteiger partial charge is 0.481 e. The molecule has 0 spiro atoms. The number of hydrogen-bond donors (Lipinski definition) is 2. The van der Waals surface area contributed by atoms with Crippen LogP contribution in [0.4, 0.5) is 5.95 Å². The Kier molecular flexibility index (Phi) is 3.33. The van der Waals surface area contributed by atoms with Gasteiger partial charge in [-0.15, -0.1) is 4.73 Å². The number of rotatable bonds is 3. The van der Waals surface area contributed by atoms with Crippen LogP contribution in [-0.4, -0.2) is 28.6 Å². The Morgan fingerprint density at radius 1 is 1.71 bits per heavy atom. The second-order valence-electron chi connectivity index (χ2n) is 2.71. The monoisotopic (exact) mass is 198 g/mol. The summed E-state index contributed by atoms with van der Waals surface area (Å²) in [7, 11) is 1.48. The van der Waals surface area contributed by atoms with Crippen LogP contribution in [0.15, 0.2) is 11.1 Å². The zero-order chi connectivity index (χ0) is 10.6. The van der Waals surface area contributed by atoms with Crippen LogP contribution in [0, 0.1) is 0 Å². The summed E-state index contributed by atoms with van der Waals surface area (Å²) in [5.74, 6) is 0.293. The number of nitrogens with zero attached hydrogens (tertiary/aromatic N) is 3. The molecule has 0 saturated heterocycles. The SMILES string of the molecule is CCCN=c1cc(OC)nc(N)n1O. The van der Waals surface area contributed by atoms with Gasteiger partial charge in [-0.25, -0.2) is 0 Å². The fraction of sp³-hybridized carbons (Fsp3) is 0.500. The van der Waals surface area contributed by atoms with Gasteiger partial charge in [0, 0.05) is 12.6 Å². The highest BCUT2D eigenvalue weighted by atomic mass is 16.5. The van der Waals surface area contributed by atoms with Crippen molar-refractivity contribution < 1.29 is 9.94 Å². The van der Waals surface area contributed by atoms with Crippen molar-refractivity contribution in [2.45, 2.75) is 13.3 Å². The van der Waals surface area contributed by atoms with Crippen LogP contribution >= 0.6 is 0 Å². The van der Waals surface area contributed by atoms with Gasteiger partial charge < -0.3 is 15.7 Å². The third kappa shape index (κ3) is 2.15. The van der Waals surface area contributed by atoms with Crippen LogP contribution in [-0.2, 0) is 0 Å². The molecule has 6 heteroatoms. The van der Waals surface area contributed by atoms with Gasteiger partial charge in [0.15, 0.2) is 5.49 Å². The van der Waals surface area contributed by atoms with Crippen molar-refractivity contribution in [2.24, 2.45) is 4.99 Å². The van der Waals surface area contributed by atoms with Gasteiger partial charge in [0.2, 0.25) is 11.8 Å². The molecule has 6 nitrogen and oxygen atoms in total. The quantitative estimate of drug-likeness (QED) is 0.670. The number of anilines is 1. The number of hydrogen-bond acceptors (Lipinski definition) is 5. The van der Waals surface area contributed by atoms with Crippen molar-refractivity contribution >= 4 is 5.95 Å². The molecule has 0 unspecified atom stereocenters. The van der Waals surface area contributed by atoms with E-state index in [1.54, 1.807) is 0 Å². The standard InChI is InChI=1S/C8H14N4O2/c1-3-4-10-6-5-7(14-2)11-8(9)12(6)13/h5,13H,3-4H2,1-2H3,(H2,9,11). The molecular weight excluding hydrogens is 184 g/mol. The summed E-state index contributed by atoms with van der Waals surface area (Å²) in [5.41, 5.74) is 5.77. The zero-order valence-corrected chi connectivity index (χ0v) is 8.27. The van der Waals surface area contributed by atoms with Gasteiger partial charge in [0.1, 0.15) is 0 Å². The molecular formula is C8H14N4O2. The van der Waals surface area contributed by atoms with Crippen molar-refractivity contribution in [3.8, 4) is 5.88 Å². The van der Waals surface area contributed by atoms with Crippen LogP contribution in [0.5, 0.6) is 5.88 Å². The number of nitrogen functional groups attached to an aromatic ring is 1. The van der Waals surface area contributed by atoms with Gasteiger partial charge in [0.25, 0.3) is 0 Å². The van der Waals surface area contributed by atoms with Gasteiger partial charge >= 0.3 is 0 Å². The zero-order valence-electron chi connectivity index (χ0n) is 8.27. The van der Waals surface area contributed by atoms with Crippen molar-refractivity contribution in [3.05, 3.63) is 11.6 Å². The molecule has 0 amide bonds. The third-order valence-corrected chi connectivity index (χ3v) is 1.62. The number of nitrogens with two attached hydrogens (primary N) is 1. The molecule has 0 radical (unpaired) electrons. The van der Waals surface area contributed by atoms with Crippen molar-refractivity contribution in [1.82, 2.24) is 9.71 Å². The Morgan fingerprint density at radius 3 is 3.00 bits per heavy atom. The minimum atomic E-state index is -0.0424. The number of methoxy groups -OCH3 is 1. The molecule has 1 aromatic heterocycles. The fourth-order valence-corrected chi connectivity index (χ4v) is 0.925. The van der Waals surface area contributed by atoms with E-state index in [0.29, 0.717) is 17.9 Å². The summed E-state index contributed by atoms with van der Waals surface area (Å²) in [6.45, 7) is 2.61. The van der Waals surface area contributed by atoms with Gasteiger partial charge in [-0.3, -0.25) is 4.99 Å². The average molecular weight is 198 g/mol. The van der Waals surface area contributed by atoms with Crippen molar-refractivity contribution in [1.29, 1.82) is 0 Å². The van der Waals surface area contributed by atoms with Crippen LogP contribution in [0.25, 0.3) is 0 Å². The molecule has 1 heterocycles. The molecule has 78 valence electrons. The van der Waals surface area contributed by atoms with E-state index < -0.39 is 0 Å². The highest BCUT2D eigenvalue weighted by Gasteiger charge is 2.01. The third-order valence-electron chi connectivity index (χ3n) is 1.62. The Hall–Kier alpha value is -1.72. The van der Waals surface area contributed by atoms with Crippen molar-refractivity contribution in [2.75, 3.05) is 19.4 Å². The average Bonchev–Trinajstić information content (AvgIpc) is 2.20. The smallest absolute Gasteiger partial charge is 0.239 e. The first-order valence-electron chi connectivity index (χ1n) is 4.32. The first kappa shape index (κ1) is 10.4. The normalized spacial score (nSPS) is 11.7. The summed E-state index contributed by atoms with van der Waals surface area (Å²) < 4.78 is 5.63. The van der Waals surface area contributed by atoms with Crippen molar-refractivity contribution in [3.63, 3.8) is 0 Å². The van der Waals surface area contributed by atoms with Crippen LogP contribution in [0.1, 0.15) is 13.3 Å². The van der Waals surface area contributed by atoms with Gasteiger partial charge in [0.05, 0.1) is 7.11 Å². The molecule has 1 rings (SSSR count). The van der Waals surface area contributed by atoms with Crippen LogP contribution in [0.3, 0.4) is 0 Å². The minimum absolute atomic E-state index is 0.0424. The summed E-state index contributed by atoms with van der Waals surface area (Å²) in [6, 6.07) is 1.52. The lowest BCUT2D eigenvalue weighted by Gasteiger charge is -2.04. The molecule has 0 fully saturated rings. The molecule has 3 N–H and O–H groups in total. The van der Waals surface area contributed by atoms with E-state index in [1.807, 2.05) is 6.92 Å². The van der Waals surface area contributed by atoms with E-state index in [9.17, 15) is 5.21 Å². The Labute approximate surface area is 81.6 Å². The first-order chi connectivity index (χ1) is 6.69. The highest BCUT2D eigenvalue weighted by molar-refractivity contribution is 5.21. The predicted octanol–water partition coefficient (Wildman–Crippen LogP) is 0.0219. The second-order valence-corrected chi connectivity index (χ2v) is 2.71. The molecule has 0 aliphatic carbocycles. The van der Waals surface area contributed by atoms with E-state index in [4.69, 9.17) is 10.5 Å². The van der Waals surface area contributed by atoms with E-state index in [2.05, 4.69) is 9.98 Å². The summed E-state index contributed by atoms with van der Waals surface area (Å²) >= 11 is 0. The molecule has 0 saturated carbocycles. The maximum Gasteiger partial charge on any atom is 0.239 e. The maximum atomic E-state index is 9.42. The maximum absolute atomic E-state index is 9.42. The van der Waals surface area contributed by atoms with E-state index in [-0.39, 0.29) is 5.95 Å². The number of aromatic nitrogens is 2. The molecule has 14 heavy (non-hydrogen) atoms. The minimum Gasteiger partial charge on any atom is -0.481 e. The lowest BCUT2D eigenvalue weighted by atomic mass is 10.5. The Bertz CT molecular complexity index is 372. The highest BCUT2D eigenvalue weighted by Crippen LogP contribution is 2.02. The molecule has 0 aromatic carbocycles. The predicted molar refractivity (Wildman–Crippen MR) is 51.1 cm³/mol. The molecule has 0 atom stereocenters. The lowest BCUT2D eigenvalue weighted by Crippen LogP contribution is -2.23. The number of ether oxygens (including phenoxy) is 1. The van der Waals surface area contributed by atoms with Crippen LogP contribution < -0.4 is 16.0 Å². The second kappa shape index (κ2) is 4.50. The molecule has 0 aliphatic heterocycles. The van der Waals surface area contributed by atoms with E-state index in [0.717, 1.165) is 11.2 Å². The summed E-state index contributed by atoms with van der Waals surface area (Å²) in [5, 5.41) is 9.42. The molecule has 0 bridgehead atoms. The Balaban J connectivity index is 3.20.